The molecule has 0 saturated carbocycles. The molecule has 0 aromatic heterocycles. The fraction of sp³-hybridized carbons (Fsp3) is 0.474. The van der Waals surface area contributed by atoms with E-state index in [1.807, 2.05) is 26.8 Å². The first kappa shape index (κ1) is 18.8. The van der Waals surface area contributed by atoms with E-state index in [1.54, 1.807) is 7.11 Å². The summed E-state index contributed by atoms with van der Waals surface area (Å²) in [5.74, 6) is -0.380. The number of carboxylic acids is 1. The van der Waals surface area contributed by atoms with Crippen molar-refractivity contribution in [3.8, 4) is 5.75 Å². The second kappa shape index (κ2) is 8.05. The number of allylic oxidation sites excluding steroid dienone is 2. The largest absolute Gasteiger partial charge is 0.496 e. The molecule has 1 aromatic carbocycles. The van der Waals surface area contributed by atoms with Gasteiger partial charge in [0.15, 0.2) is 0 Å². The number of carbonyl (C=O) groups is 2. The number of rotatable bonds is 8. The van der Waals surface area contributed by atoms with Gasteiger partial charge in [0.1, 0.15) is 12.4 Å². The van der Waals surface area contributed by atoms with E-state index in [2.05, 4.69) is 5.32 Å². The summed E-state index contributed by atoms with van der Waals surface area (Å²) in [4.78, 5) is 22.9. The lowest BCUT2D eigenvalue weighted by Gasteiger charge is -2.19. The van der Waals surface area contributed by atoms with Crippen LogP contribution >= 0.6 is 0 Å². The molecular formula is C19H25NO5. The molecule has 0 saturated heterocycles. The summed E-state index contributed by atoms with van der Waals surface area (Å²) >= 11 is 0. The first-order valence-electron chi connectivity index (χ1n) is 8.41. The lowest BCUT2D eigenvalue weighted by Crippen LogP contribution is -2.11. The molecule has 136 valence electrons. The van der Waals surface area contributed by atoms with Crippen LogP contribution in [0.1, 0.15) is 53.7 Å². The van der Waals surface area contributed by atoms with E-state index in [0.717, 1.165) is 33.7 Å². The Morgan fingerprint density at radius 2 is 2.12 bits per heavy atom. The molecule has 0 unspecified atom stereocenters. The number of cyclic esters (lactones) is 1. The van der Waals surface area contributed by atoms with Crippen LogP contribution in [0.25, 0.3) is 0 Å². The highest BCUT2D eigenvalue weighted by Gasteiger charge is 2.31. The van der Waals surface area contributed by atoms with Crippen LogP contribution in [0.4, 0.5) is 5.69 Å². The van der Waals surface area contributed by atoms with Crippen molar-refractivity contribution in [3.63, 3.8) is 0 Å². The summed E-state index contributed by atoms with van der Waals surface area (Å²) < 4.78 is 10.8. The Morgan fingerprint density at radius 3 is 2.72 bits per heavy atom. The molecule has 0 radical (unpaired) electrons. The first-order chi connectivity index (χ1) is 11.9. The Balaban J connectivity index is 2.46. The fourth-order valence-corrected chi connectivity index (χ4v) is 3.11. The van der Waals surface area contributed by atoms with Crippen molar-refractivity contribution in [1.82, 2.24) is 0 Å². The maximum absolute atomic E-state index is 12.2. The van der Waals surface area contributed by atoms with Crippen LogP contribution < -0.4 is 10.1 Å². The highest BCUT2D eigenvalue weighted by atomic mass is 16.5. The zero-order valence-electron chi connectivity index (χ0n) is 15.2. The summed E-state index contributed by atoms with van der Waals surface area (Å²) in [5, 5.41) is 12.1. The highest BCUT2D eigenvalue weighted by molar-refractivity contribution is 6.01. The Labute approximate surface area is 147 Å². The smallest absolute Gasteiger partial charge is 0.341 e. The van der Waals surface area contributed by atoms with Crippen molar-refractivity contribution in [2.75, 3.05) is 19.0 Å². The Kier molecular flexibility index (Phi) is 6.07. The molecule has 1 aliphatic rings. The number of carboxylic acid groups (broad SMARTS) is 1. The van der Waals surface area contributed by atoms with Gasteiger partial charge in [-0.3, -0.25) is 4.79 Å². The quantitative estimate of drug-likeness (QED) is 0.553. The number of hydrogen-bond donors (Lipinski definition) is 2. The van der Waals surface area contributed by atoms with Gasteiger partial charge in [0.05, 0.1) is 18.4 Å². The molecule has 2 rings (SSSR count). The molecule has 1 heterocycles. The van der Waals surface area contributed by atoms with Crippen LogP contribution in [-0.2, 0) is 22.6 Å². The molecule has 0 aliphatic carbocycles. The van der Waals surface area contributed by atoms with E-state index in [1.165, 1.54) is 0 Å². The van der Waals surface area contributed by atoms with Crippen molar-refractivity contribution in [2.45, 2.75) is 46.6 Å². The number of nitrogens with one attached hydrogen (secondary N) is 1. The van der Waals surface area contributed by atoms with Gasteiger partial charge in [-0.2, -0.15) is 0 Å². The van der Waals surface area contributed by atoms with Gasteiger partial charge in [-0.25, -0.2) is 4.79 Å². The number of benzene rings is 1. The summed E-state index contributed by atoms with van der Waals surface area (Å²) in [6.45, 7) is 6.75. The number of methoxy groups -OCH3 is 1. The minimum Gasteiger partial charge on any atom is -0.496 e. The minimum atomic E-state index is -0.810. The van der Waals surface area contributed by atoms with Gasteiger partial charge in [-0.05, 0) is 39.2 Å². The molecule has 1 aromatic rings. The standard InChI is InChI=1S/C19H25NO5/c1-5-20-17-13(8-6-11(2)7-9-15(21)22)18(24-4)12(3)14-10-25-19(23)16(14)17/h6,20H,5,7-10H2,1-4H3,(H,21,22). The van der Waals surface area contributed by atoms with Gasteiger partial charge in [-0.1, -0.05) is 11.6 Å². The van der Waals surface area contributed by atoms with E-state index in [9.17, 15) is 9.59 Å². The monoisotopic (exact) mass is 347 g/mol. The topological polar surface area (TPSA) is 84.9 Å². The average Bonchev–Trinajstić information content (AvgIpc) is 2.96. The Morgan fingerprint density at radius 1 is 1.40 bits per heavy atom. The third-order valence-corrected chi connectivity index (χ3v) is 4.42. The molecule has 6 nitrogen and oxygen atoms in total. The maximum Gasteiger partial charge on any atom is 0.341 e. The van der Waals surface area contributed by atoms with E-state index < -0.39 is 5.97 Å². The highest BCUT2D eigenvalue weighted by Crippen LogP contribution is 2.41. The maximum atomic E-state index is 12.2. The van der Waals surface area contributed by atoms with Crippen LogP contribution in [0.3, 0.4) is 0 Å². The zero-order chi connectivity index (χ0) is 18.6. The van der Waals surface area contributed by atoms with Crippen molar-refractivity contribution < 1.29 is 24.2 Å². The molecule has 0 bridgehead atoms. The van der Waals surface area contributed by atoms with Gasteiger partial charge < -0.3 is 19.9 Å². The third kappa shape index (κ3) is 3.95. The Hall–Kier alpha value is -2.50. The summed E-state index contributed by atoms with van der Waals surface area (Å²) in [7, 11) is 1.62. The van der Waals surface area contributed by atoms with Crippen LogP contribution in [0.15, 0.2) is 11.6 Å². The number of esters is 1. The number of ether oxygens (including phenoxy) is 2. The van der Waals surface area contributed by atoms with Crippen molar-refractivity contribution in [2.24, 2.45) is 0 Å². The van der Waals surface area contributed by atoms with E-state index in [-0.39, 0.29) is 19.0 Å². The molecule has 2 N–H and O–H groups in total. The van der Waals surface area contributed by atoms with Crippen LogP contribution in [0.2, 0.25) is 0 Å². The molecule has 25 heavy (non-hydrogen) atoms. The molecule has 0 fully saturated rings. The molecule has 0 spiro atoms. The summed E-state index contributed by atoms with van der Waals surface area (Å²) in [6, 6.07) is 0. The predicted octanol–water partition coefficient (Wildman–Crippen LogP) is 3.46. The second-order valence-electron chi connectivity index (χ2n) is 6.12. The van der Waals surface area contributed by atoms with Gasteiger partial charge >= 0.3 is 11.9 Å². The summed E-state index contributed by atoms with van der Waals surface area (Å²) in [6.07, 6.45) is 3.15. The van der Waals surface area contributed by atoms with Crippen LogP contribution in [-0.4, -0.2) is 30.7 Å². The SMILES string of the molecule is CCNc1c(CC=C(C)CCC(=O)O)c(OC)c(C)c2c1C(=O)OC2. The molecule has 0 amide bonds. The summed E-state index contributed by atoms with van der Waals surface area (Å²) in [5.41, 5.74) is 5.02. The Bertz CT molecular complexity index is 721. The van der Waals surface area contributed by atoms with Crippen molar-refractivity contribution >= 4 is 17.6 Å². The van der Waals surface area contributed by atoms with Crippen molar-refractivity contribution in [1.29, 1.82) is 0 Å². The minimum absolute atomic E-state index is 0.106. The van der Waals surface area contributed by atoms with Gasteiger partial charge in [-0.15, -0.1) is 0 Å². The number of fused-ring (bicyclic) bond motifs is 1. The number of hydrogen-bond acceptors (Lipinski definition) is 5. The normalized spacial score (nSPS) is 13.4. The number of carbonyl (C=O) groups excluding carboxylic acids is 1. The van der Waals surface area contributed by atoms with E-state index in [0.29, 0.717) is 24.9 Å². The van der Waals surface area contributed by atoms with Gasteiger partial charge in [0, 0.05) is 24.1 Å². The fourth-order valence-electron chi connectivity index (χ4n) is 3.11. The van der Waals surface area contributed by atoms with Crippen LogP contribution in [0, 0.1) is 6.92 Å². The van der Waals surface area contributed by atoms with Gasteiger partial charge in [0.2, 0.25) is 0 Å². The van der Waals surface area contributed by atoms with E-state index in [4.69, 9.17) is 14.6 Å². The predicted molar refractivity (Wildman–Crippen MR) is 95.3 cm³/mol. The lowest BCUT2D eigenvalue weighted by atomic mass is 9.93. The number of anilines is 1. The zero-order valence-corrected chi connectivity index (χ0v) is 15.2. The van der Waals surface area contributed by atoms with Crippen molar-refractivity contribution in [3.05, 3.63) is 33.9 Å². The molecule has 6 heteroatoms. The molecule has 1 aliphatic heterocycles. The number of aliphatic carboxylic acids is 1. The van der Waals surface area contributed by atoms with Crippen LogP contribution in [0.5, 0.6) is 5.75 Å². The van der Waals surface area contributed by atoms with Gasteiger partial charge in [0.25, 0.3) is 0 Å². The third-order valence-electron chi connectivity index (χ3n) is 4.42. The second-order valence-corrected chi connectivity index (χ2v) is 6.12. The average molecular weight is 347 g/mol. The molecular weight excluding hydrogens is 322 g/mol. The van der Waals surface area contributed by atoms with E-state index >= 15 is 0 Å². The molecule has 0 atom stereocenters. The first-order valence-corrected chi connectivity index (χ1v) is 8.41. The lowest BCUT2D eigenvalue weighted by molar-refractivity contribution is -0.136.